The number of aryl methyl sites for hydroxylation is 2. The quantitative estimate of drug-likeness (QED) is 0.188. The van der Waals surface area contributed by atoms with Crippen LogP contribution in [0.15, 0.2) is 60.2 Å². The first-order valence-electron chi connectivity index (χ1n) is 14.7. The van der Waals surface area contributed by atoms with Crippen molar-refractivity contribution in [2.45, 2.75) is 41.0 Å². The fraction of sp³-hybridized carbons (Fsp3) is 0.294. The Labute approximate surface area is 262 Å². The Morgan fingerprint density at radius 3 is 2.20 bits per heavy atom. The van der Waals surface area contributed by atoms with Crippen molar-refractivity contribution in [1.29, 1.82) is 0 Å². The highest BCUT2D eigenvalue weighted by atomic mass is 16.5. The van der Waals surface area contributed by atoms with Gasteiger partial charge < -0.3 is 24.3 Å². The molecular weight excluding hydrogens is 578 g/mol. The molecule has 0 radical (unpaired) electrons. The summed E-state index contributed by atoms with van der Waals surface area (Å²) in [5.41, 5.74) is 3.11. The first-order chi connectivity index (χ1) is 21.6. The molecule has 4 rings (SSSR count). The lowest BCUT2D eigenvalue weighted by Crippen LogP contribution is -2.54. The third-order valence-corrected chi connectivity index (χ3v) is 6.64. The van der Waals surface area contributed by atoms with Crippen LogP contribution in [-0.2, 0) is 14.4 Å². The average Bonchev–Trinajstić information content (AvgIpc) is 3.00. The van der Waals surface area contributed by atoms with Gasteiger partial charge in [-0.05, 0) is 81.7 Å². The van der Waals surface area contributed by atoms with Crippen LogP contribution in [-0.4, -0.2) is 50.2 Å². The van der Waals surface area contributed by atoms with Crippen molar-refractivity contribution in [3.05, 3.63) is 76.9 Å². The van der Waals surface area contributed by atoms with Crippen molar-refractivity contribution in [3.8, 4) is 23.0 Å². The Morgan fingerprint density at radius 1 is 0.822 bits per heavy atom. The molecule has 0 saturated carbocycles. The van der Waals surface area contributed by atoms with Gasteiger partial charge in [0.25, 0.3) is 17.7 Å². The predicted octanol–water partition coefficient (Wildman–Crippen LogP) is 5.57. The number of amides is 5. The van der Waals surface area contributed by atoms with Gasteiger partial charge in [0.2, 0.25) is 0 Å². The molecule has 236 valence electrons. The number of benzene rings is 3. The number of carbonyl (C=O) groups is 4. The number of nitrogens with one attached hydrogen (secondary N) is 2. The molecule has 1 saturated heterocycles. The lowest BCUT2D eigenvalue weighted by Gasteiger charge is -2.27. The number of imide groups is 2. The van der Waals surface area contributed by atoms with Gasteiger partial charge in [0, 0.05) is 11.8 Å². The largest absolute Gasteiger partial charge is 0.490 e. The van der Waals surface area contributed by atoms with E-state index >= 15 is 0 Å². The number of hydrogen-bond donors (Lipinski definition) is 2. The van der Waals surface area contributed by atoms with Crippen molar-refractivity contribution in [2.75, 3.05) is 36.6 Å². The molecule has 3 aromatic carbocycles. The molecule has 1 fully saturated rings. The molecular formula is C34H37N3O8. The van der Waals surface area contributed by atoms with Crippen LogP contribution in [0.25, 0.3) is 6.08 Å². The average molecular weight is 616 g/mol. The summed E-state index contributed by atoms with van der Waals surface area (Å²) in [6, 6.07) is 14.3. The summed E-state index contributed by atoms with van der Waals surface area (Å²) < 4.78 is 22.9. The van der Waals surface area contributed by atoms with Crippen LogP contribution in [0.5, 0.6) is 23.0 Å². The van der Waals surface area contributed by atoms with Crippen LogP contribution >= 0.6 is 0 Å². The van der Waals surface area contributed by atoms with Gasteiger partial charge in [-0.2, -0.15) is 0 Å². The molecule has 11 heteroatoms. The van der Waals surface area contributed by atoms with E-state index in [1.807, 2.05) is 45.9 Å². The summed E-state index contributed by atoms with van der Waals surface area (Å²) in [4.78, 5) is 52.6. The van der Waals surface area contributed by atoms with Crippen molar-refractivity contribution < 1.29 is 38.1 Å². The summed E-state index contributed by atoms with van der Waals surface area (Å²) in [5.74, 6) is -0.530. The number of anilines is 2. The second-order valence-electron chi connectivity index (χ2n) is 10.2. The van der Waals surface area contributed by atoms with Gasteiger partial charge in [0.1, 0.15) is 5.57 Å². The fourth-order valence-electron chi connectivity index (χ4n) is 4.58. The van der Waals surface area contributed by atoms with E-state index in [9.17, 15) is 19.2 Å². The minimum atomic E-state index is -0.885. The third-order valence-electron chi connectivity index (χ3n) is 6.64. The van der Waals surface area contributed by atoms with Crippen LogP contribution in [0.4, 0.5) is 16.2 Å². The Bertz CT molecular complexity index is 1630. The van der Waals surface area contributed by atoms with Gasteiger partial charge in [0.15, 0.2) is 29.6 Å². The van der Waals surface area contributed by atoms with Gasteiger partial charge in [-0.1, -0.05) is 30.7 Å². The van der Waals surface area contributed by atoms with E-state index in [-0.39, 0.29) is 23.8 Å². The molecule has 1 heterocycles. The second kappa shape index (κ2) is 14.9. The molecule has 3 aromatic rings. The Kier molecular flexibility index (Phi) is 10.8. The maximum atomic E-state index is 13.5. The number of barbiturate groups is 1. The molecule has 0 aliphatic carbocycles. The third kappa shape index (κ3) is 7.99. The molecule has 0 bridgehead atoms. The van der Waals surface area contributed by atoms with Crippen LogP contribution in [0, 0.1) is 13.8 Å². The van der Waals surface area contributed by atoms with Gasteiger partial charge >= 0.3 is 6.03 Å². The van der Waals surface area contributed by atoms with E-state index in [0.29, 0.717) is 54.1 Å². The highest BCUT2D eigenvalue weighted by Gasteiger charge is 2.37. The number of hydrogen-bond acceptors (Lipinski definition) is 8. The first-order valence-corrected chi connectivity index (χ1v) is 14.7. The number of nitrogens with zero attached hydrogens (tertiary/aromatic N) is 1. The zero-order chi connectivity index (χ0) is 32.5. The van der Waals surface area contributed by atoms with Crippen molar-refractivity contribution >= 4 is 41.2 Å². The lowest BCUT2D eigenvalue weighted by molar-refractivity contribution is -0.122. The molecule has 2 N–H and O–H groups in total. The molecule has 45 heavy (non-hydrogen) atoms. The van der Waals surface area contributed by atoms with Gasteiger partial charge in [-0.15, -0.1) is 0 Å². The van der Waals surface area contributed by atoms with Gasteiger partial charge in [-0.25, -0.2) is 9.69 Å². The maximum Gasteiger partial charge on any atom is 0.335 e. The lowest BCUT2D eigenvalue weighted by atomic mass is 10.1. The minimum absolute atomic E-state index is 0.209. The van der Waals surface area contributed by atoms with Gasteiger partial charge in [0.05, 0.1) is 25.5 Å². The highest BCUT2D eigenvalue weighted by Crippen LogP contribution is 2.34. The van der Waals surface area contributed by atoms with E-state index in [4.69, 9.17) is 18.9 Å². The zero-order valence-electron chi connectivity index (χ0n) is 26.0. The molecule has 0 unspecified atom stereocenters. The predicted molar refractivity (Wildman–Crippen MR) is 170 cm³/mol. The Balaban J connectivity index is 1.55. The summed E-state index contributed by atoms with van der Waals surface area (Å²) in [5, 5.41) is 5.06. The first kappa shape index (κ1) is 32.6. The maximum absolute atomic E-state index is 13.5. The van der Waals surface area contributed by atoms with Crippen molar-refractivity contribution in [3.63, 3.8) is 0 Å². The minimum Gasteiger partial charge on any atom is -0.490 e. The van der Waals surface area contributed by atoms with Gasteiger partial charge in [-0.3, -0.25) is 19.7 Å². The molecule has 0 aromatic heterocycles. The smallest absolute Gasteiger partial charge is 0.335 e. The van der Waals surface area contributed by atoms with E-state index in [1.165, 1.54) is 12.1 Å². The van der Waals surface area contributed by atoms with E-state index < -0.39 is 17.8 Å². The van der Waals surface area contributed by atoms with Crippen molar-refractivity contribution in [2.24, 2.45) is 0 Å². The second-order valence-corrected chi connectivity index (χ2v) is 10.2. The highest BCUT2D eigenvalue weighted by molar-refractivity contribution is 6.39. The molecule has 5 amide bonds. The van der Waals surface area contributed by atoms with Crippen LogP contribution in [0.2, 0.25) is 0 Å². The van der Waals surface area contributed by atoms with E-state index in [0.717, 1.165) is 22.4 Å². The molecule has 0 atom stereocenters. The number of ether oxygens (including phenoxy) is 4. The molecule has 0 spiro atoms. The fourth-order valence-corrected chi connectivity index (χ4v) is 4.58. The van der Waals surface area contributed by atoms with Crippen LogP contribution < -0.4 is 34.5 Å². The Morgan fingerprint density at radius 2 is 1.51 bits per heavy atom. The number of carbonyl (C=O) groups excluding carboxylic acids is 4. The molecule has 11 nitrogen and oxygen atoms in total. The summed E-state index contributed by atoms with van der Waals surface area (Å²) >= 11 is 0. The Hall–Kier alpha value is -5.32. The van der Waals surface area contributed by atoms with E-state index in [2.05, 4.69) is 10.6 Å². The summed E-state index contributed by atoms with van der Waals surface area (Å²) in [7, 11) is 0. The molecule has 1 aliphatic heterocycles. The topological polar surface area (TPSA) is 132 Å². The standard InChI is InChI=1S/C34H37N3O8/c1-6-15-44-27-14-11-24(19-30(27)43-8-3)37-33(40)25(32(39)36-34(37)41)17-23-10-13-28(29(18-23)42-7-2)45-20-31(38)35-26-12-9-21(4)16-22(26)5/h9-14,16-19H,6-8,15,20H2,1-5H3,(H,35,38)(H,36,39,41)/b25-17+. The van der Waals surface area contributed by atoms with Crippen molar-refractivity contribution in [1.82, 2.24) is 5.32 Å². The zero-order valence-corrected chi connectivity index (χ0v) is 26.0. The normalized spacial score (nSPS) is 13.8. The number of urea groups is 1. The SMILES string of the molecule is CCCOc1ccc(N2C(=O)NC(=O)/C(=C\c3ccc(OCC(=O)Nc4ccc(C)cc4C)c(OCC)c3)C2=O)cc1OCC. The van der Waals surface area contributed by atoms with Crippen LogP contribution in [0.3, 0.4) is 0 Å². The summed E-state index contributed by atoms with van der Waals surface area (Å²) in [6.07, 6.45) is 2.15. The molecule has 1 aliphatic rings. The number of rotatable bonds is 13. The summed E-state index contributed by atoms with van der Waals surface area (Å²) in [6.45, 7) is 10.3. The van der Waals surface area contributed by atoms with Crippen LogP contribution in [0.1, 0.15) is 43.9 Å². The monoisotopic (exact) mass is 615 g/mol. The van der Waals surface area contributed by atoms with E-state index in [1.54, 1.807) is 37.3 Å².